The fraction of sp³-hybridized carbons (Fsp3) is 0.188. The Morgan fingerprint density at radius 2 is 1.37 bits per heavy atom. The van der Waals surface area contributed by atoms with Gasteiger partial charge in [0.15, 0.2) is 0 Å². The van der Waals surface area contributed by atoms with Gasteiger partial charge in [0.2, 0.25) is 0 Å². The largest absolute Gasteiger partial charge is 0.391 e. The van der Waals surface area contributed by atoms with Crippen molar-refractivity contribution in [3.8, 4) is 22.5 Å². The Bertz CT molecular complexity index is 1120. The minimum Gasteiger partial charge on any atom is -0.391 e. The van der Waals surface area contributed by atoms with Crippen LogP contribution in [0.4, 0.5) is 0 Å². The summed E-state index contributed by atoms with van der Waals surface area (Å²) in [5.41, 5.74) is 7.60. The van der Waals surface area contributed by atoms with Crippen molar-refractivity contribution in [1.82, 2.24) is 9.97 Å². The van der Waals surface area contributed by atoms with Gasteiger partial charge in [-0.25, -0.2) is 41.9 Å². The zero-order valence-electron chi connectivity index (χ0n) is 19.5. The van der Waals surface area contributed by atoms with Crippen molar-refractivity contribution in [2.45, 2.75) is 40.5 Å². The molecule has 0 N–H and O–H groups in total. The molecule has 2 aromatic carbocycles. The summed E-state index contributed by atoms with van der Waals surface area (Å²) in [6.07, 6.45) is 6.46. The third kappa shape index (κ3) is 13.2. The molecule has 0 aliphatic rings. The molecule has 0 spiro atoms. The molecule has 0 saturated carbocycles. The van der Waals surface area contributed by atoms with Gasteiger partial charge in [0.05, 0.1) is 0 Å². The van der Waals surface area contributed by atoms with E-state index in [-0.39, 0.29) is 97.2 Å². The molecule has 0 amide bonds. The normalized spacial score (nSPS) is 8.74. The molecule has 6 heteroatoms. The molecule has 2 heterocycles. The third-order valence-electron chi connectivity index (χ3n) is 4.76. The van der Waals surface area contributed by atoms with Crippen molar-refractivity contribution in [2.75, 3.05) is 0 Å². The number of aromatic nitrogens is 2. The van der Waals surface area contributed by atoms with Crippen LogP contribution < -0.4 is 0 Å². The second kappa shape index (κ2) is 24.2. The van der Waals surface area contributed by atoms with Gasteiger partial charge in [0, 0.05) is 82.3 Å². The van der Waals surface area contributed by atoms with Gasteiger partial charge in [-0.2, -0.15) is 30.5 Å². The molecule has 0 atom stereocenters. The topological polar surface area (TPSA) is 25.8 Å². The molecule has 0 bridgehead atoms. The minimum absolute atomic E-state index is 0. The van der Waals surface area contributed by atoms with Crippen molar-refractivity contribution < 1.29 is 82.3 Å². The van der Waals surface area contributed by atoms with E-state index in [1.54, 1.807) is 6.20 Å². The first-order chi connectivity index (χ1) is 15.7. The Balaban J connectivity index is -0.000000263. The zero-order chi connectivity index (χ0) is 22.8. The second-order valence-electron chi connectivity index (χ2n) is 6.90. The minimum atomic E-state index is 0. The molecule has 4 rings (SSSR count). The van der Waals surface area contributed by atoms with Crippen LogP contribution in [0.15, 0.2) is 48.8 Å². The van der Waals surface area contributed by atoms with E-state index in [4.69, 9.17) is 0 Å². The maximum atomic E-state index is 4.32. The van der Waals surface area contributed by atoms with Crippen molar-refractivity contribution in [3.05, 3.63) is 135 Å². The summed E-state index contributed by atoms with van der Waals surface area (Å²) in [5, 5.41) is 0. The van der Waals surface area contributed by atoms with Gasteiger partial charge < -0.3 is 73.1 Å². The summed E-state index contributed by atoms with van der Waals surface area (Å²) in [5.74, 6) is 0. The first-order valence-electron chi connectivity index (χ1n) is 10.4. The first-order valence-corrected chi connectivity index (χ1v) is 10.4. The van der Waals surface area contributed by atoms with Crippen LogP contribution in [0.3, 0.4) is 0 Å². The van der Waals surface area contributed by atoms with Crippen LogP contribution in [-0.4, -0.2) is 9.97 Å². The molecule has 0 aliphatic heterocycles. The van der Waals surface area contributed by atoms with Crippen molar-refractivity contribution in [1.29, 1.82) is 0 Å². The summed E-state index contributed by atoms with van der Waals surface area (Å²) in [7, 11) is 0. The number of benzene rings is 2. The average molecular weight is 1220 g/mol. The summed E-state index contributed by atoms with van der Waals surface area (Å²) < 4.78 is 0. The molecule has 2 nitrogen and oxygen atoms in total. The predicted molar refractivity (Wildman–Crippen MR) is 142 cm³/mol. The van der Waals surface area contributed by atoms with Crippen molar-refractivity contribution in [2.24, 2.45) is 0 Å². The van der Waals surface area contributed by atoms with Gasteiger partial charge in [-0.1, -0.05) is 27.2 Å². The molecule has 2 radical (unpaired) electrons. The maximum Gasteiger partial charge on any atom is 0 e. The van der Waals surface area contributed by atoms with Crippen LogP contribution in [0, 0.1) is 64.1 Å². The van der Waals surface area contributed by atoms with Crippen LogP contribution in [0.1, 0.15) is 37.1 Å². The Labute approximate surface area is 287 Å². The van der Waals surface area contributed by atoms with Crippen LogP contribution in [0.2, 0.25) is 0 Å². The van der Waals surface area contributed by atoms with Gasteiger partial charge >= 0.3 is 0 Å². The Morgan fingerprint density at radius 3 is 1.89 bits per heavy atom. The van der Waals surface area contributed by atoms with E-state index < -0.39 is 0 Å². The Morgan fingerprint density at radius 1 is 0.684 bits per heavy atom. The molecular formula is C32H32Ir2N2Pt2-10. The van der Waals surface area contributed by atoms with Gasteiger partial charge in [0.1, 0.15) is 0 Å². The third-order valence-corrected chi connectivity index (χ3v) is 4.76. The molecule has 0 unspecified atom stereocenters. The van der Waals surface area contributed by atoms with Crippen LogP contribution in [-0.2, 0) is 108 Å². The van der Waals surface area contributed by atoms with E-state index in [2.05, 4.69) is 74.1 Å². The van der Waals surface area contributed by atoms with Gasteiger partial charge in [0.25, 0.3) is 0 Å². The monoisotopic (exact) mass is 1220 g/mol. The molecular weight excluding hydrogens is 1190 g/mol. The van der Waals surface area contributed by atoms with Crippen LogP contribution >= 0.6 is 0 Å². The predicted octanol–water partition coefficient (Wildman–Crippen LogP) is 7.07. The van der Waals surface area contributed by atoms with Crippen LogP contribution in [0.5, 0.6) is 0 Å². The standard InChI is InChI=1S/2C15H12N.2CH4.2Ir.2Pt/c1-3-12-6-5-7-14(10-12)15-9-8-13(4-2)11-16-15;1-3-12-8-9-14(11-13(12)4-2)15-7-5-6-10-16-15;;;;;;/h5-6,8,11H,1-4H2;5-6,8,10H,1-4H2;2*1H4;;;;/q2*-5;;;;;;. The smallest absolute Gasteiger partial charge is 0 e. The number of hydrogen-bond acceptors (Lipinski definition) is 2. The van der Waals surface area contributed by atoms with E-state index in [1.807, 2.05) is 42.6 Å². The van der Waals surface area contributed by atoms with Crippen molar-refractivity contribution in [3.63, 3.8) is 0 Å². The first kappa shape index (κ1) is 44.4. The quantitative estimate of drug-likeness (QED) is 0.194. The Hall–Kier alpha value is -0.585. The van der Waals surface area contributed by atoms with E-state index in [9.17, 15) is 0 Å². The van der Waals surface area contributed by atoms with E-state index >= 15 is 0 Å². The molecule has 0 fully saturated rings. The van der Waals surface area contributed by atoms with E-state index in [0.29, 0.717) is 6.42 Å². The average Bonchev–Trinajstić information content (AvgIpc) is 2.89. The molecule has 4 aromatic rings. The SMILES string of the molecule is C.C.[CH2-]Cc1[c-]c(-c2[c-]cc(C[CH2-])cn2)[c-]cc1.[CH2-]Cc1[c-]c(-c2[c-]cccn2)[c-]cc1C[CH2-].[Ir].[Ir].[Pt].[Pt]. The van der Waals surface area contributed by atoms with E-state index in [1.165, 1.54) is 0 Å². The van der Waals surface area contributed by atoms with Crippen molar-refractivity contribution >= 4 is 0 Å². The molecule has 0 saturated heterocycles. The molecule has 0 aliphatic carbocycles. The summed E-state index contributed by atoms with van der Waals surface area (Å²) >= 11 is 0. The molecule has 38 heavy (non-hydrogen) atoms. The summed E-state index contributed by atoms with van der Waals surface area (Å²) in [4.78, 5) is 8.54. The van der Waals surface area contributed by atoms with Gasteiger partial charge in [-0.3, -0.25) is 29.3 Å². The van der Waals surface area contributed by atoms with E-state index in [0.717, 1.165) is 64.0 Å². The Kier molecular flexibility index (Phi) is 28.3. The summed E-state index contributed by atoms with van der Waals surface area (Å²) in [6, 6.07) is 30.3. The number of hydrogen-bond donors (Lipinski definition) is 0. The van der Waals surface area contributed by atoms with Gasteiger partial charge in [-0.15, -0.1) is 6.07 Å². The fourth-order valence-corrected chi connectivity index (χ4v) is 2.94. The number of rotatable bonds is 6. The number of pyridine rings is 2. The number of nitrogens with zero attached hydrogens (tertiary/aromatic N) is 2. The second-order valence-corrected chi connectivity index (χ2v) is 6.90. The van der Waals surface area contributed by atoms with Crippen LogP contribution in [0.25, 0.3) is 22.5 Å². The summed E-state index contributed by atoms with van der Waals surface area (Å²) in [6.45, 7) is 15.4. The zero-order valence-corrected chi connectivity index (χ0v) is 28.8. The maximum absolute atomic E-state index is 4.32. The van der Waals surface area contributed by atoms with Gasteiger partial charge in [-0.05, 0) is 0 Å². The molecule has 218 valence electrons. The molecule has 2 aromatic heterocycles. The fourth-order valence-electron chi connectivity index (χ4n) is 2.94.